The van der Waals surface area contributed by atoms with Crippen molar-refractivity contribution in [3.8, 4) is 0 Å². The number of aromatic nitrogens is 3. The van der Waals surface area contributed by atoms with Crippen LogP contribution in [0.2, 0.25) is 0 Å². The van der Waals surface area contributed by atoms with Gasteiger partial charge in [-0.1, -0.05) is 12.1 Å². The largest absolute Gasteiger partial charge is 0.481 e. The third-order valence-electron chi connectivity index (χ3n) is 6.80. The number of amides is 2. The van der Waals surface area contributed by atoms with Crippen LogP contribution in [0, 0.1) is 13.8 Å². The molecule has 0 radical (unpaired) electrons. The average molecular weight is 530 g/mol. The highest BCUT2D eigenvalue weighted by atomic mass is 16.4. The number of carboxylic acid groups (broad SMARTS) is 1. The topological polar surface area (TPSA) is 118 Å². The Morgan fingerprint density at radius 1 is 1.08 bits per heavy atom. The SMILES string of the molecule is CCNC(=O)c1ccc2c(c1)c(C)cn2C(C)C(=O)Nc1cc(Cn2cc(C)cn2)ccc1CCCC(=O)O. The lowest BCUT2D eigenvalue weighted by molar-refractivity contribution is -0.137. The molecule has 204 valence electrons. The summed E-state index contributed by atoms with van der Waals surface area (Å²) in [4.78, 5) is 36.9. The van der Waals surface area contributed by atoms with Crippen LogP contribution in [0.15, 0.2) is 55.0 Å². The van der Waals surface area contributed by atoms with Gasteiger partial charge >= 0.3 is 5.97 Å². The van der Waals surface area contributed by atoms with Gasteiger partial charge < -0.3 is 20.3 Å². The zero-order valence-corrected chi connectivity index (χ0v) is 22.8. The van der Waals surface area contributed by atoms with Gasteiger partial charge in [0.2, 0.25) is 5.91 Å². The van der Waals surface area contributed by atoms with Crippen LogP contribution in [0.5, 0.6) is 0 Å². The molecule has 1 unspecified atom stereocenters. The molecule has 39 heavy (non-hydrogen) atoms. The maximum atomic E-state index is 13.5. The molecule has 0 saturated carbocycles. The molecular formula is C30H35N5O4. The lowest BCUT2D eigenvalue weighted by atomic mass is 10.0. The van der Waals surface area contributed by atoms with E-state index in [0.29, 0.717) is 37.2 Å². The molecule has 2 aromatic heterocycles. The van der Waals surface area contributed by atoms with Crippen molar-refractivity contribution in [2.24, 2.45) is 0 Å². The van der Waals surface area contributed by atoms with Gasteiger partial charge in [0, 0.05) is 47.5 Å². The van der Waals surface area contributed by atoms with Crippen molar-refractivity contribution in [3.05, 3.63) is 82.8 Å². The lowest BCUT2D eigenvalue weighted by Crippen LogP contribution is -2.24. The molecule has 0 fully saturated rings. The van der Waals surface area contributed by atoms with Crippen LogP contribution in [0.4, 0.5) is 5.69 Å². The van der Waals surface area contributed by atoms with Crippen LogP contribution in [0.3, 0.4) is 0 Å². The minimum Gasteiger partial charge on any atom is -0.481 e. The molecule has 0 aliphatic carbocycles. The number of anilines is 1. The van der Waals surface area contributed by atoms with E-state index in [9.17, 15) is 14.4 Å². The highest BCUT2D eigenvalue weighted by molar-refractivity contribution is 6.00. The molecule has 4 rings (SSSR count). The molecule has 0 spiro atoms. The fraction of sp³-hybridized carbons (Fsp3) is 0.333. The molecule has 3 N–H and O–H groups in total. The zero-order chi connectivity index (χ0) is 28.1. The normalized spacial score (nSPS) is 11.9. The minimum atomic E-state index is -0.843. The number of rotatable bonds is 11. The molecule has 2 heterocycles. The highest BCUT2D eigenvalue weighted by Gasteiger charge is 2.20. The van der Waals surface area contributed by atoms with E-state index in [0.717, 1.165) is 33.2 Å². The predicted octanol–water partition coefficient (Wildman–Crippen LogP) is 4.86. The number of nitrogens with zero attached hydrogens (tertiary/aromatic N) is 3. The van der Waals surface area contributed by atoms with E-state index in [2.05, 4.69) is 15.7 Å². The Bertz CT molecular complexity index is 1520. The van der Waals surface area contributed by atoms with Crippen LogP contribution in [0.1, 0.15) is 65.3 Å². The molecular weight excluding hydrogens is 494 g/mol. The summed E-state index contributed by atoms with van der Waals surface area (Å²) in [5.41, 5.74) is 6.02. The van der Waals surface area contributed by atoms with Gasteiger partial charge in [-0.25, -0.2) is 0 Å². The van der Waals surface area contributed by atoms with Gasteiger partial charge in [-0.3, -0.25) is 19.1 Å². The number of carboxylic acids is 1. The van der Waals surface area contributed by atoms with E-state index in [1.54, 1.807) is 12.3 Å². The molecule has 9 nitrogen and oxygen atoms in total. The van der Waals surface area contributed by atoms with Crippen molar-refractivity contribution in [1.82, 2.24) is 19.7 Å². The van der Waals surface area contributed by atoms with Gasteiger partial charge in [-0.15, -0.1) is 0 Å². The fourth-order valence-electron chi connectivity index (χ4n) is 4.74. The quantitative estimate of drug-likeness (QED) is 0.256. The molecule has 1 atom stereocenters. The summed E-state index contributed by atoms with van der Waals surface area (Å²) in [6, 6.07) is 10.9. The third kappa shape index (κ3) is 6.54. The monoisotopic (exact) mass is 529 g/mol. The average Bonchev–Trinajstić information content (AvgIpc) is 3.46. The first kappa shape index (κ1) is 27.6. The van der Waals surface area contributed by atoms with Crippen molar-refractivity contribution in [1.29, 1.82) is 0 Å². The summed E-state index contributed by atoms with van der Waals surface area (Å²) in [6.45, 7) is 8.77. The zero-order valence-electron chi connectivity index (χ0n) is 22.8. The predicted molar refractivity (Wildman–Crippen MR) is 151 cm³/mol. The molecule has 0 aliphatic rings. The summed E-state index contributed by atoms with van der Waals surface area (Å²) in [6.07, 6.45) is 6.75. The molecule has 2 amide bonds. The van der Waals surface area contributed by atoms with E-state index in [1.807, 2.05) is 79.7 Å². The van der Waals surface area contributed by atoms with E-state index < -0.39 is 12.0 Å². The number of hydrogen-bond acceptors (Lipinski definition) is 4. The van der Waals surface area contributed by atoms with Crippen molar-refractivity contribution in [2.75, 3.05) is 11.9 Å². The Hall–Kier alpha value is -4.40. The first-order valence-corrected chi connectivity index (χ1v) is 13.2. The van der Waals surface area contributed by atoms with Gasteiger partial charge in [-0.05, 0) is 87.1 Å². The number of carbonyl (C=O) groups excluding carboxylic acids is 2. The Kier molecular flexibility index (Phi) is 8.49. The summed E-state index contributed by atoms with van der Waals surface area (Å²) >= 11 is 0. The van der Waals surface area contributed by atoms with Crippen LogP contribution in [-0.2, 0) is 22.6 Å². The second-order valence-corrected chi connectivity index (χ2v) is 9.93. The Balaban J connectivity index is 1.59. The number of hydrogen-bond donors (Lipinski definition) is 3. The number of fused-ring (bicyclic) bond motifs is 1. The second-order valence-electron chi connectivity index (χ2n) is 9.93. The van der Waals surface area contributed by atoms with Crippen molar-refractivity contribution in [3.63, 3.8) is 0 Å². The Morgan fingerprint density at radius 3 is 2.56 bits per heavy atom. The number of benzene rings is 2. The van der Waals surface area contributed by atoms with E-state index in [4.69, 9.17) is 5.11 Å². The third-order valence-corrected chi connectivity index (χ3v) is 6.80. The lowest BCUT2D eigenvalue weighted by Gasteiger charge is -2.18. The summed E-state index contributed by atoms with van der Waals surface area (Å²) < 4.78 is 3.76. The fourth-order valence-corrected chi connectivity index (χ4v) is 4.74. The Morgan fingerprint density at radius 2 is 1.87 bits per heavy atom. The maximum absolute atomic E-state index is 13.5. The van der Waals surface area contributed by atoms with E-state index in [-0.39, 0.29) is 18.2 Å². The van der Waals surface area contributed by atoms with Crippen LogP contribution < -0.4 is 10.6 Å². The van der Waals surface area contributed by atoms with Crippen LogP contribution in [-0.4, -0.2) is 43.8 Å². The van der Waals surface area contributed by atoms with Crippen molar-refractivity contribution < 1.29 is 19.5 Å². The van der Waals surface area contributed by atoms with Crippen molar-refractivity contribution in [2.45, 2.75) is 59.5 Å². The number of aryl methyl sites for hydroxylation is 3. The molecule has 2 aromatic carbocycles. The van der Waals surface area contributed by atoms with Gasteiger partial charge in [0.1, 0.15) is 6.04 Å². The number of nitrogens with one attached hydrogen (secondary N) is 2. The summed E-state index contributed by atoms with van der Waals surface area (Å²) in [7, 11) is 0. The van der Waals surface area contributed by atoms with E-state index in [1.165, 1.54) is 0 Å². The smallest absolute Gasteiger partial charge is 0.303 e. The van der Waals surface area contributed by atoms with Gasteiger partial charge in [0.25, 0.3) is 5.91 Å². The van der Waals surface area contributed by atoms with Gasteiger partial charge in [0.15, 0.2) is 0 Å². The second kappa shape index (κ2) is 12.0. The minimum absolute atomic E-state index is 0.0605. The van der Waals surface area contributed by atoms with Gasteiger partial charge in [-0.2, -0.15) is 5.10 Å². The molecule has 4 aromatic rings. The van der Waals surface area contributed by atoms with Crippen LogP contribution >= 0.6 is 0 Å². The number of aliphatic carboxylic acids is 1. The molecule has 0 aliphatic heterocycles. The summed E-state index contributed by atoms with van der Waals surface area (Å²) in [5, 5.41) is 20.3. The van der Waals surface area contributed by atoms with E-state index >= 15 is 0 Å². The highest BCUT2D eigenvalue weighted by Crippen LogP contribution is 2.27. The molecule has 0 saturated heterocycles. The van der Waals surface area contributed by atoms with Crippen molar-refractivity contribution >= 4 is 34.4 Å². The molecule has 9 heteroatoms. The first-order chi connectivity index (χ1) is 18.7. The van der Waals surface area contributed by atoms with Crippen LogP contribution in [0.25, 0.3) is 10.9 Å². The molecule has 0 bridgehead atoms. The first-order valence-electron chi connectivity index (χ1n) is 13.2. The number of carbonyl (C=O) groups is 3. The Labute approximate surface area is 227 Å². The standard InChI is InChI=1S/C30H35N5O4/c1-5-31-30(39)24-11-12-27-25(14-24)20(3)17-35(27)21(4)29(38)33-26-13-22(18-34-16-19(2)15-32-34)9-10-23(26)7-6-8-28(36)37/h9-17,21H,5-8,18H2,1-4H3,(H,31,39)(H,33,38)(H,36,37). The van der Waals surface area contributed by atoms with Gasteiger partial charge in [0.05, 0.1) is 12.7 Å². The maximum Gasteiger partial charge on any atom is 0.303 e. The summed E-state index contributed by atoms with van der Waals surface area (Å²) in [5.74, 6) is -1.16.